The molecule has 3 N–H and O–H groups in total. The summed E-state index contributed by atoms with van der Waals surface area (Å²) in [4.78, 5) is 4.05. The minimum atomic E-state index is -0.0252. The molecule has 4 heteroatoms. The molecule has 19 heavy (non-hydrogen) atoms. The fraction of sp³-hybridized carbons (Fsp3) is 0.600. The fourth-order valence-electron chi connectivity index (χ4n) is 3.17. The maximum atomic E-state index is 7.41. The highest BCUT2D eigenvalue weighted by atomic mass is 16.5. The van der Waals surface area contributed by atoms with Crippen LogP contribution in [-0.4, -0.2) is 16.9 Å². The molecule has 1 aromatic heterocycles. The number of nitrogen functional groups attached to an aromatic ring is 1. The van der Waals surface area contributed by atoms with Crippen molar-refractivity contribution in [2.75, 3.05) is 0 Å². The Morgan fingerprint density at radius 3 is 2.84 bits per heavy atom. The van der Waals surface area contributed by atoms with Crippen LogP contribution >= 0.6 is 0 Å². The topological polar surface area (TPSA) is 72.0 Å². The molecule has 1 aromatic rings. The summed E-state index contributed by atoms with van der Waals surface area (Å²) in [6.45, 7) is 6.88. The molecule has 0 aromatic carbocycles. The first-order chi connectivity index (χ1) is 8.85. The van der Waals surface area contributed by atoms with Gasteiger partial charge in [0.25, 0.3) is 0 Å². The van der Waals surface area contributed by atoms with Crippen LogP contribution in [0.15, 0.2) is 18.3 Å². The highest BCUT2D eigenvalue weighted by molar-refractivity contribution is 5.93. The van der Waals surface area contributed by atoms with Crippen molar-refractivity contribution < 1.29 is 4.74 Å². The Labute approximate surface area is 114 Å². The zero-order valence-corrected chi connectivity index (χ0v) is 11.9. The lowest BCUT2D eigenvalue weighted by atomic mass is 9.71. The minimum absolute atomic E-state index is 0.0252. The normalized spacial score (nSPS) is 25.8. The molecule has 0 amide bonds. The first-order valence-electron chi connectivity index (χ1n) is 6.83. The third-order valence-corrected chi connectivity index (χ3v) is 3.66. The van der Waals surface area contributed by atoms with Gasteiger partial charge in [-0.3, -0.25) is 10.4 Å². The first-order valence-corrected chi connectivity index (χ1v) is 6.83. The molecule has 2 unspecified atom stereocenters. The summed E-state index contributed by atoms with van der Waals surface area (Å²) in [5.41, 5.74) is 6.25. The molecular formula is C15H23N3O. The first kappa shape index (κ1) is 13.8. The van der Waals surface area contributed by atoms with Gasteiger partial charge in [-0.2, -0.15) is 0 Å². The van der Waals surface area contributed by atoms with Gasteiger partial charge in [0.2, 0.25) is 0 Å². The van der Waals surface area contributed by atoms with Crippen molar-refractivity contribution >= 4 is 5.84 Å². The van der Waals surface area contributed by atoms with Crippen molar-refractivity contribution in [1.82, 2.24) is 4.98 Å². The lowest BCUT2D eigenvalue weighted by Crippen LogP contribution is -2.34. The number of amidine groups is 1. The van der Waals surface area contributed by atoms with Crippen molar-refractivity contribution in [1.29, 1.82) is 5.41 Å². The van der Waals surface area contributed by atoms with Crippen molar-refractivity contribution in [3.05, 3.63) is 24.0 Å². The van der Waals surface area contributed by atoms with Gasteiger partial charge in [0.1, 0.15) is 17.3 Å². The van der Waals surface area contributed by atoms with E-state index in [0.717, 1.165) is 18.6 Å². The van der Waals surface area contributed by atoms with Crippen LogP contribution in [0.25, 0.3) is 0 Å². The summed E-state index contributed by atoms with van der Waals surface area (Å²) in [5.74, 6) is 1.42. The van der Waals surface area contributed by atoms with Crippen LogP contribution in [0.3, 0.4) is 0 Å². The maximum absolute atomic E-state index is 7.41. The van der Waals surface area contributed by atoms with E-state index in [9.17, 15) is 0 Å². The van der Waals surface area contributed by atoms with Crippen LogP contribution in [0.2, 0.25) is 0 Å². The van der Waals surface area contributed by atoms with Gasteiger partial charge in [-0.15, -0.1) is 0 Å². The van der Waals surface area contributed by atoms with Crippen molar-refractivity contribution in [3.8, 4) is 5.75 Å². The van der Waals surface area contributed by atoms with Crippen molar-refractivity contribution in [2.45, 2.75) is 46.1 Å². The van der Waals surface area contributed by atoms with Crippen molar-refractivity contribution in [2.24, 2.45) is 17.1 Å². The number of ether oxygens (including phenoxy) is 1. The van der Waals surface area contributed by atoms with E-state index in [1.165, 1.54) is 6.42 Å². The van der Waals surface area contributed by atoms with E-state index in [1.807, 2.05) is 6.07 Å². The van der Waals surface area contributed by atoms with Gasteiger partial charge in [0.15, 0.2) is 0 Å². The molecule has 2 rings (SSSR count). The molecule has 4 nitrogen and oxygen atoms in total. The Bertz CT molecular complexity index is 470. The molecule has 0 spiro atoms. The average Bonchev–Trinajstić information content (AvgIpc) is 2.26. The number of nitrogens with two attached hydrogens (primary N) is 1. The molecule has 1 aliphatic rings. The molecule has 2 atom stereocenters. The van der Waals surface area contributed by atoms with E-state index in [4.69, 9.17) is 15.9 Å². The van der Waals surface area contributed by atoms with Crippen LogP contribution < -0.4 is 10.5 Å². The summed E-state index contributed by atoms with van der Waals surface area (Å²) in [7, 11) is 0. The molecule has 0 radical (unpaired) electrons. The van der Waals surface area contributed by atoms with E-state index in [2.05, 4.69) is 25.8 Å². The maximum Gasteiger partial charge on any atom is 0.141 e. The molecule has 1 saturated carbocycles. The Hall–Kier alpha value is -1.58. The third kappa shape index (κ3) is 3.69. The van der Waals surface area contributed by atoms with E-state index in [0.29, 0.717) is 17.0 Å². The number of pyridine rings is 1. The second-order valence-electron chi connectivity index (χ2n) is 6.44. The Balaban J connectivity index is 2.08. The zero-order chi connectivity index (χ0) is 14.0. The molecule has 104 valence electrons. The second-order valence-corrected chi connectivity index (χ2v) is 6.44. The van der Waals surface area contributed by atoms with Crippen LogP contribution in [0.1, 0.15) is 45.7 Å². The summed E-state index contributed by atoms with van der Waals surface area (Å²) in [6, 6.07) is 3.58. The van der Waals surface area contributed by atoms with E-state index >= 15 is 0 Å². The summed E-state index contributed by atoms with van der Waals surface area (Å²) in [6.07, 6.45) is 5.28. The lowest BCUT2D eigenvalue weighted by molar-refractivity contribution is 0.0562. The number of nitrogens with zero attached hydrogens (tertiary/aromatic N) is 1. The fourth-order valence-corrected chi connectivity index (χ4v) is 3.17. The van der Waals surface area contributed by atoms with Crippen molar-refractivity contribution in [3.63, 3.8) is 0 Å². The highest BCUT2D eigenvalue weighted by Gasteiger charge is 2.33. The number of nitrogens with one attached hydrogen (secondary N) is 1. The van der Waals surface area contributed by atoms with Gasteiger partial charge in [0.05, 0.1) is 6.10 Å². The van der Waals surface area contributed by atoms with E-state index < -0.39 is 0 Å². The summed E-state index contributed by atoms with van der Waals surface area (Å²) in [5, 5.41) is 7.41. The smallest absolute Gasteiger partial charge is 0.141 e. The summed E-state index contributed by atoms with van der Waals surface area (Å²) >= 11 is 0. The van der Waals surface area contributed by atoms with E-state index in [1.54, 1.807) is 12.3 Å². The van der Waals surface area contributed by atoms with Gasteiger partial charge in [0, 0.05) is 12.3 Å². The molecule has 0 aliphatic heterocycles. The largest absolute Gasteiger partial charge is 0.490 e. The molecule has 1 aliphatic carbocycles. The summed E-state index contributed by atoms with van der Waals surface area (Å²) < 4.78 is 6.06. The van der Waals surface area contributed by atoms with Crippen LogP contribution in [0.4, 0.5) is 0 Å². The van der Waals surface area contributed by atoms with Crippen LogP contribution in [-0.2, 0) is 0 Å². The Kier molecular flexibility index (Phi) is 3.78. The van der Waals surface area contributed by atoms with E-state index in [-0.39, 0.29) is 11.9 Å². The van der Waals surface area contributed by atoms with Gasteiger partial charge >= 0.3 is 0 Å². The standard InChI is InChI=1S/C15H23N3O/c1-10-6-12(9-15(2,3)8-10)19-11-4-5-18-13(7-11)14(16)17/h4-5,7,10,12H,6,8-9H2,1-3H3,(H3,16,17). The Morgan fingerprint density at radius 1 is 1.47 bits per heavy atom. The van der Waals surface area contributed by atoms with Crippen LogP contribution in [0.5, 0.6) is 5.75 Å². The number of hydrogen-bond donors (Lipinski definition) is 2. The zero-order valence-electron chi connectivity index (χ0n) is 11.9. The monoisotopic (exact) mass is 261 g/mol. The number of hydrogen-bond acceptors (Lipinski definition) is 3. The molecule has 1 fully saturated rings. The van der Waals surface area contributed by atoms with Gasteiger partial charge in [-0.1, -0.05) is 20.8 Å². The predicted octanol–water partition coefficient (Wildman–Crippen LogP) is 2.96. The SMILES string of the molecule is CC1CC(Oc2ccnc(C(=N)N)c2)CC(C)(C)C1. The second kappa shape index (κ2) is 5.19. The average molecular weight is 261 g/mol. The molecule has 1 heterocycles. The molecular weight excluding hydrogens is 238 g/mol. The number of aromatic nitrogens is 1. The van der Waals surface area contributed by atoms with Gasteiger partial charge in [-0.25, -0.2) is 0 Å². The molecule has 0 bridgehead atoms. The van der Waals surface area contributed by atoms with Gasteiger partial charge in [-0.05, 0) is 36.7 Å². The molecule has 0 saturated heterocycles. The Morgan fingerprint density at radius 2 is 2.21 bits per heavy atom. The quantitative estimate of drug-likeness (QED) is 0.649. The van der Waals surface area contributed by atoms with Gasteiger partial charge < -0.3 is 10.5 Å². The predicted molar refractivity (Wildman–Crippen MR) is 76.5 cm³/mol. The highest BCUT2D eigenvalue weighted by Crippen LogP contribution is 2.39. The third-order valence-electron chi connectivity index (χ3n) is 3.66. The minimum Gasteiger partial charge on any atom is -0.490 e. The number of rotatable bonds is 3. The lowest BCUT2D eigenvalue weighted by Gasteiger charge is -2.38. The van der Waals surface area contributed by atoms with Crippen LogP contribution in [0, 0.1) is 16.7 Å².